The maximum Gasteiger partial charge on any atom is 0.316 e. The van der Waals surface area contributed by atoms with E-state index in [1.54, 1.807) is 0 Å². The average Bonchev–Trinajstić information content (AvgIpc) is 2.81. The van der Waals surface area contributed by atoms with Crippen LogP contribution in [0.1, 0.15) is 124 Å². The first-order valence-corrected chi connectivity index (χ1v) is 14.0. The molecule has 0 spiro atoms. The van der Waals surface area contributed by atoms with Gasteiger partial charge in [-0.25, -0.2) is 0 Å². The summed E-state index contributed by atoms with van der Waals surface area (Å²) in [5.41, 5.74) is -0.661. The minimum absolute atomic E-state index is 0.0854. The molecule has 1 heterocycles. The van der Waals surface area contributed by atoms with Gasteiger partial charge in [0.1, 0.15) is 11.5 Å². The number of hydrogen-bond donors (Lipinski definition) is 0. The normalized spacial score (nSPS) is 36.0. The Morgan fingerprint density at radius 2 is 1.38 bits per heavy atom. The van der Waals surface area contributed by atoms with Gasteiger partial charge >= 0.3 is 5.97 Å². The molecule has 3 aliphatic rings. The third-order valence-corrected chi connectivity index (χ3v) is 8.38. The highest BCUT2D eigenvalue weighted by Crippen LogP contribution is 2.38. The quantitative estimate of drug-likeness (QED) is 0.242. The molecule has 0 amide bonds. The van der Waals surface area contributed by atoms with Crippen molar-refractivity contribution in [3.8, 4) is 0 Å². The molecule has 1 saturated heterocycles. The lowest BCUT2D eigenvalue weighted by atomic mass is 9.79. The Hall–Kier alpha value is -0.610. The zero-order valence-electron chi connectivity index (χ0n) is 21.2. The van der Waals surface area contributed by atoms with Crippen LogP contribution in [0.3, 0.4) is 0 Å². The summed E-state index contributed by atoms with van der Waals surface area (Å²) in [6, 6.07) is 0. The molecule has 0 N–H and O–H groups in total. The van der Waals surface area contributed by atoms with Crippen molar-refractivity contribution < 1.29 is 19.0 Å². The van der Waals surface area contributed by atoms with Crippen molar-refractivity contribution in [3.63, 3.8) is 0 Å². The predicted molar refractivity (Wildman–Crippen MR) is 129 cm³/mol. The van der Waals surface area contributed by atoms with Gasteiger partial charge in [-0.3, -0.25) is 4.79 Å². The lowest BCUT2D eigenvalue weighted by molar-refractivity contribution is -0.254. The van der Waals surface area contributed by atoms with E-state index in [0.29, 0.717) is 19.1 Å². The molecule has 32 heavy (non-hydrogen) atoms. The van der Waals surface area contributed by atoms with Gasteiger partial charge in [-0.15, -0.1) is 0 Å². The van der Waals surface area contributed by atoms with E-state index in [4.69, 9.17) is 14.2 Å². The summed E-state index contributed by atoms with van der Waals surface area (Å²) in [6.07, 6.45) is 20.2. The van der Waals surface area contributed by atoms with Crippen LogP contribution in [0.2, 0.25) is 0 Å². The van der Waals surface area contributed by atoms with Crippen molar-refractivity contribution in [2.75, 3.05) is 13.2 Å². The lowest BCUT2D eigenvalue weighted by Crippen LogP contribution is -2.49. The fourth-order valence-corrected chi connectivity index (χ4v) is 6.04. The fraction of sp³-hybridized carbons (Fsp3) is 0.964. The van der Waals surface area contributed by atoms with E-state index in [0.717, 1.165) is 24.7 Å². The minimum atomic E-state index is -0.661. The van der Waals surface area contributed by atoms with Crippen molar-refractivity contribution in [2.24, 2.45) is 23.2 Å². The summed E-state index contributed by atoms with van der Waals surface area (Å²) < 4.78 is 18.2. The van der Waals surface area contributed by atoms with Gasteiger partial charge in [0.25, 0.3) is 0 Å². The van der Waals surface area contributed by atoms with Crippen LogP contribution in [0, 0.1) is 23.2 Å². The van der Waals surface area contributed by atoms with E-state index in [1.165, 1.54) is 89.9 Å². The van der Waals surface area contributed by atoms with Crippen LogP contribution in [0.5, 0.6) is 0 Å². The number of unbranched alkanes of at least 4 members (excludes halogenated alkanes) is 4. The molecule has 3 fully saturated rings. The summed E-state index contributed by atoms with van der Waals surface area (Å²) in [6.45, 7) is 7.36. The number of hydrogen-bond acceptors (Lipinski definition) is 4. The third kappa shape index (κ3) is 7.72. The van der Waals surface area contributed by atoms with Crippen molar-refractivity contribution in [1.29, 1.82) is 0 Å². The smallest absolute Gasteiger partial charge is 0.316 e. The van der Waals surface area contributed by atoms with Crippen LogP contribution in [-0.4, -0.2) is 31.6 Å². The number of carbonyl (C=O) groups is 1. The molecule has 4 heteroatoms. The van der Waals surface area contributed by atoms with Gasteiger partial charge in [-0.2, -0.15) is 0 Å². The van der Waals surface area contributed by atoms with E-state index in [-0.39, 0.29) is 18.4 Å². The summed E-state index contributed by atoms with van der Waals surface area (Å²) in [7, 11) is 0. The standard InChI is InChI=1S/C28H50O4/c1-4-6-7-8-9-11-23-14-18-25(19-15-23)32-27(29)28(3)20-30-26(31-21-28)24-16-12-22(10-5-2)13-17-24/h22-26H,4-21H2,1-3H3. The predicted octanol–water partition coefficient (Wildman–Crippen LogP) is 7.43. The Balaban J connectivity index is 1.32. The highest BCUT2D eigenvalue weighted by Gasteiger charge is 2.44. The van der Waals surface area contributed by atoms with Crippen LogP contribution in [0.4, 0.5) is 0 Å². The van der Waals surface area contributed by atoms with E-state index in [1.807, 2.05) is 6.92 Å². The summed E-state index contributed by atoms with van der Waals surface area (Å²) in [4.78, 5) is 13.0. The van der Waals surface area contributed by atoms with E-state index in [2.05, 4.69) is 13.8 Å². The molecule has 3 rings (SSSR count). The second-order valence-corrected chi connectivity index (χ2v) is 11.4. The van der Waals surface area contributed by atoms with Crippen molar-refractivity contribution in [1.82, 2.24) is 0 Å². The Bertz CT molecular complexity index is 524. The zero-order chi connectivity index (χ0) is 22.8. The lowest BCUT2D eigenvalue weighted by Gasteiger charge is -2.41. The van der Waals surface area contributed by atoms with Crippen molar-refractivity contribution >= 4 is 5.97 Å². The van der Waals surface area contributed by atoms with Crippen LogP contribution < -0.4 is 0 Å². The van der Waals surface area contributed by atoms with Crippen LogP contribution in [0.15, 0.2) is 0 Å². The SMILES string of the molecule is CCCCCCCC1CCC(OC(=O)C2(C)COC(C3CCC(CCC)CC3)OC2)CC1. The molecule has 0 radical (unpaired) electrons. The largest absolute Gasteiger partial charge is 0.462 e. The zero-order valence-corrected chi connectivity index (χ0v) is 21.2. The summed E-state index contributed by atoms with van der Waals surface area (Å²) in [5, 5.41) is 0. The Labute approximate surface area is 197 Å². The van der Waals surface area contributed by atoms with Gasteiger partial charge in [0, 0.05) is 5.92 Å². The minimum Gasteiger partial charge on any atom is -0.462 e. The van der Waals surface area contributed by atoms with Gasteiger partial charge < -0.3 is 14.2 Å². The second-order valence-electron chi connectivity index (χ2n) is 11.4. The number of esters is 1. The van der Waals surface area contributed by atoms with E-state index >= 15 is 0 Å². The van der Waals surface area contributed by atoms with Gasteiger partial charge in [0.15, 0.2) is 6.29 Å². The molecule has 2 saturated carbocycles. The first-order chi connectivity index (χ1) is 15.5. The first kappa shape index (κ1) is 26.0. The molecule has 2 aliphatic carbocycles. The van der Waals surface area contributed by atoms with Gasteiger partial charge in [-0.05, 0) is 70.1 Å². The maximum atomic E-state index is 13.0. The van der Waals surface area contributed by atoms with Crippen molar-refractivity contribution in [2.45, 2.75) is 136 Å². The molecular formula is C28H50O4. The highest BCUT2D eigenvalue weighted by atomic mass is 16.7. The Kier molecular flexibility index (Phi) is 10.8. The fourth-order valence-electron chi connectivity index (χ4n) is 6.04. The van der Waals surface area contributed by atoms with Crippen molar-refractivity contribution in [3.05, 3.63) is 0 Å². The molecule has 0 aromatic carbocycles. The van der Waals surface area contributed by atoms with Crippen LogP contribution >= 0.6 is 0 Å². The molecule has 0 unspecified atom stereocenters. The Morgan fingerprint density at radius 1 is 0.781 bits per heavy atom. The van der Waals surface area contributed by atoms with E-state index < -0.39 is 5.41 Å². The topological polar surface area (TPSA) is 44.8 Å². The molecule has 0 atom stereocenters. The number of carbonyl (C=O) groups excluding carboxylic acids is 1. The molecular weight excluding hydrogens is 400 g/mol. The second kappa shape index (κ2) is 13.3. The third-order valence-electron chi connectivity index (χ3n) is 8.38. The molecule has 0 bridgehead atoms. The van der Waals surface area contributed by atoms with Gasteiger partial charge in [0.2, 0.25) is 0 Å². The van der Waals surface area contributed by atoms with Crippen LogP contribution in [-0.2, 0) is 19.0 Å². The summed E-state index contributed by atoms with van der Waals surface area (Å²) in [5.74, 6) is 2.08. The molecule has 186 valence electrons. The molecule has 0 aromatic rings. The van der Waals surface area contributed by atoms with Gasteiger partial charge in [0.05, 0.1) is 13.2 Å². The van der Waals surface area contributed by atoms with Gasteiger partial charge in [-0.1, -0.05) is 65.2 Å². The monoisotopic (exact) mass is 450 g/mol. The van der Waals surface area contributed by atoms with E-state index in [9.17, 15) is 4.79 Å². The highest BCUT2D eigenvalue weighted by molar-refractivity contribution is 5.77. The molecule has 0 aromatic heterocycles. The maximum absolute atomic E-state index is 13.0. The molecule has 4 nitrogen and oxygen atoms in total. The first-order valence-electron chi connectivity index (χ1n) is 14.0. The molecule has 1 aliphatic heterocycles. The average molecular weight is 451 g/mol. The summed E-state index contributed by atoms with van der Waals surface area (Å²) >= 11 is 0. The number of ether oxygens (including phenoxy) is 3. The Morgan fingerprint density at radius 3 is 2.00 bits per heavy atom. The van der Waals surface area contributed by atoms with Crippen LogP contribution in [0.25, 0.3) is 0 Å². The number of rotatable bonds is 11.